The van der Waals surface area contributed by atoms with Crippen LogP contribution in [0.1, 0.15) is 11.1 Å². The van der Waals surface area contributed by atoms with E-state index in [1.54, 1.807) is 24.3 Å². The van der Waals surface area contributed by atoms with E-state index < -0.39 is 14.2 Å². The molecule has 0 atom stereocenters. The molecule has 6 nitrogen and oxygen atoms in total. The lowest BCUT2D eigenvalue weighted by atomic mass is 9.77. The predicted molar refractivity (Wildman–Crippen MR) is 100 cm³/mol. The normalized spacial score (nSPS) is 11.2. The van der Waals surface area contributed by atoms with E-state index in [4.69, 9.17) is 0 Å². The Morgan fingerprint density at radius 2 is 1.04 bits per heavy atom. The van der Waals surface area contributed by atoms with Gasteiger partial charge in [-0.15, -0.1) is 0 Å². The highest BCUT2D eigenvalue weighted by Crippen LogP contribution is 2.05. The number of nitrogens with zero attached hydrogens (tertiary/aromatic N) is 2. The minimum atomic E-state index is -1.49. The standard InChI is InChI=1S/C17H24B2N2O4/c1-20(11-14-7-3-5-9-16(14)18(22)23)13-21(2)12-15-8-4-6-10-17(15)19(24)25/h3-10,22-25H,11-13H2,1-2H3. The molecule has 2 aromatic rings. The van der Waals surface area contributed by atoms with Crippen molar-refractivity contribution in [2.24, 2.45) is 0 Å². The van der Waals surface area contributed by atoms with Gasteiger partial charge in [0, 0.05) is 13.1 Å². The van der Waals surface area contributed by atoms with Crippen LogP contribution in [-0.4, -0.2) is 64.9 Å². The zero-order valence-corrected chi connectivity index (χ0v) is 14.6. The molecule has 2 aromatic carbocycles. The van der Waals surface area contributed by atoms with Gasteiger partial charge in [0.15, 0.2) is 0 Å². The molecular weight excluding hydrogens is 318 g/mol. The van der Waals surface area contributed by atoms with Crippen molar-refractivity contribution in [2.75, 3.05) is 20.8 Å². The Morgan fingerprint density at radius 3 is 1.40 bits per heavy atom. The first-order valence-electron chi connectivity index (χ1n) is 8.13. The molecule has 0 aliphatic heterocycles. The maximum atomic E-state index is 9.46. The van der Waals surface area contributed by atoms with Crippen LogP contribution in [0.3, 0.4) is 0 Å². The SMILES string of the molecule is CN(Cc1ccccc1B(O)O)CN(C)Cc1ccccc1B(O)O. The lowest BCUT2D eigenvalue weighted by molar-refractivity contribution is 0.172. The second kappa shape index (κ2) is 9.15. The Morgan fingerprint density at radius 1 is 0.680 bits per heavy atom. The second-order valence-corrected chi connectivity index (χ2v) is 6.31. The summed E-state index contributed by atoms with van der Waals surface area (Å²) >= 11 is 0. The van der Waals surface area contributed by atoms with E-state index in [0.717, 1.165) is 11.1 Å². The lowest BCUT2D eigenvalue weighted by Gasteiger charge is -2.26. The smallest absolute Gasteiger partial charge is 0.423 e. The summed E-state index contributed by atoms with van der Waals surface area (Å²) in [7, 11) is 0.925. The summed E-state index contributed by atoms with van der Waals surface area (Å²) in [5.41, 5.74) is 2.73. The number of benzene rings is 2. The van der Waals surface area contributed by atoms with Crippen LogP contribution in [0.2, 0.25) is 0 Å². The molecule has 0 bridgehead atoms. The van der Waals surface area contributed by atoms with Crippen molar-refractivity contribution in [1.29, 1.82) is 0 Å². The van der Waals surface area contributed by atoms with Crippen molar-refractivity contribution in [2.45, 2.75) is 13.1 Å². The van der Waals surface area contributed by atoms with Crippen molar-refractivity contribution in [3.63, 3.8) is 0 Å². The Labute approximate surface area is 149 Å². The van der Waals surface area contributed by atoms with Gasteiger partial charge in [-0.25, -0.2) is 0 Å². The molecule has 0 radical (unpaired) electrons. The Hall–Kier alpha value is -1.67. The highest BCUT2D eigenvalue weighted by atomic mass is 16.4. The molecule has 4 N–H and O–H groups in total. The van der Waals surface area contributed by atoms with Crippen molar-refractivity contribution in [3.05, 3.63) is 59.7 Å². The van der Waals surface area contributed by atoms with E-state index in [-0.39, 0.29) is 0 Å². The van der Waals surface area contributed by atoms with E-state index in [0.29, 0.717) is 30.7 Å². The first-order valence-corrected chi connectivity index (χ1v) is 8.13. The predicted octanol–water partition coefficient (Wildman–Crippen LogP) is -1.43. The molecule has 2 rings (SSSR count). The average Bonchev–Trinajstić information content (AvgIpc) is 2.55. The summed E-state index contributed by atoms with van der Waals surface area (Å²) in [5.74, 6) is 0. The molecule has 0 saturated carbocycles. The Kier molecular flexibility index (Phi) is 7.19. The van der Waals surface area contributed by atoms with Crippen LogP contribution in [0.5, 0.6) is 0 Å². The van der Waals surface area contributed by atoms with Gasteiger partial charge in [0.25, 0.3) is 0 Å². The Balaban J connectivity index is 1.98. The maximum absolute atomic E-state index is 9.46. The molecule has 0 unspecified atom stereocenters. The summed E-state index contributed by atoms with van der Waals surface area (Å²) in [5, 5.41) is 37.8. The minimum Gasteiger partial charge on any atom is -0.423 e. The number of rotatable bonds is 8. The summed E-state index contributed by atoms with van der Waals surface area (Å²) in [6.45, 7) is 1.77. The lowest BCUT2D eigenvalue weighted by Crippen LogP contribution is -2.39. The maximum Gasteiger partial charge on any atom is 0.488 e. The van der Waals surface area contributed by atoms with E-state index in [1.165, 1.54) is 0 Å². The summed E-state index contributed by atoms with van der Waals surface area (Å²) in [6, 6.07) is 14.5. The first kappa shape index (κ1) is 19.7. The van der Waals surface area contributed by atoms with Crippen LogP contribution in [0, 0.1) is 0 Å². The van der Waals surface area contributed by atoms with Crippen LogP contribution in [0.15, 0.2) is 48.5 Å². The van der Waals surface area contributed by atoms with E-state index in [2.05, 4.69) is 9.80 Å². The molecule has 0 fully saturated rings. The molecule has 0 aliphatic carbocycles. The van der Waals surface area contributed by atoms with Gasteiger partial charge in [-0.3, -0.25) is 9.80 Å². The molecule has 0 spiro atoms. The fourth-order valence-corrected chi connectivity index (χ4v) is 2.95. The van der Waals surface area contributed by atoms with E-state index in [1.807, 2.05) is 38.4 Å². The highest BCUT2D eigenvalue weighted by molar-refractivity contribution is 6.59. The monoisotopic (exact) mass is 342 g/mol. The van der Waals surface area contributed by atoms with Crippen LogP contribution in [0.25, 0.3) is 0 Å². The molecule has 0 saturated heterocycles. The van der Waals surface area contributed by atoms with Gasteiger partial charge in [-0.1, -0.05) is 48.5 Å². The minimum absolute atomic E-state index is 0.505. The number of hydrogen-bond donors (Lipinski definition) is 4. The fourth-order valence-electron chi connectivity index (χ4n) is 2.95. The quantitative estimate of drug-likeness (QED) is 0.348. The third kappa shape index (κ3) is 5.67. The van der Waals surface area contributed by atoms with Crippen molar-refractivity contribution >= 4 is 25.2 Å². The van der Waals surface area contributed by atoms with Gasteiger partial charge in [0.05, 0.1) is 6.67 Å². The van der Waals surface area contributed by atoms with Gasteiger partial charge < -0.3 is 20.1 Å². The molecule has 0 amide bonds. The van der Waals surface area contributed by atoms with Crippen molar-refractivity contribution in [1.82, 2.24) is 9.80 Å². The van der Waals surface area contributed by atoms with Crippen LogP contribution < -0.4 is 10.9 Å². The zero-order valence-electron chi connectivity index (χ0n) is 14.6. The number of hydrogen-bond acceptors (Lipinski definition) is 6. The van der Waals surface area contributed by atoms with Gasteiger partial charge >= 0.3 is 14.2 Å². The van der Waals surface area contributed by atoms with E-state index >= 15 is 0 Å². The summed E-state index contributed by atoms with van der Waals surface area (Å²) in [4.78, 5) is 4.11. The van der Waals surface area contributed by atoms with E-state index in [9.17, 15) is 20.1 Å². The molecule has 0 aliphatic rings. The molecule has 132 valence electrons. The van der Waals surface area contributed by atoms with Crippen molar-refractivity contribution < 1.29 is 20.1 Å². The van der Waals surface area contributed by atoms with Crippen LogP contribution in [-0.2, 0) is 13.1 Å². The van der Waals surface area contributed by atoms with Crippen molar-refractivity contribution in [3.8, 4) is 0 Å². The van der Waals surface area contributed by atoms with Gasteiger partial charge in [-0.2, -0.15) is 0 Å². The summed E-state index contributed by atoms with van der Waals surface area (Å²) in [6.07, 6.45) is 0. The zero-order chi connectivity index (χ0) is 18.4. The van der Waals surface area contributed by atoms with Crippen LogP contribution >= 0.6 is 0 Å². The third-order valence-corrected chi connectivity index (χ3v) is 4.03. The Bertz CT molecular complexity index is 628. The molecule has 25 heavy (non-hydrogen) atoms. The van der Waals surface area contributed by atoms with Gasteiger partial charge in [0.1, 0.15) is 0 Å². The largest absolute Gasteiger partial charge is 0.488 e. The van der Waals surface area contributed by atoms with Gasteiger partial charge in [0.2, 0.25) is 0 Å². The van der Waals surface area contributed by atoms with Crippen LogP contribution in [0.4, 0.5) is 0 Å². The topological polar surface area (TPSA) is 87.4 Å². The second-order valence-electron chi connectivity index (χ2n) is 6.31. The third-order valence-electron chi connectivity index (χ3n) is 4.03. The molecule has 8 heteroatoms. The molecule has 0 aromatic heterocycles. The fraction of sp³-hybridized carbons (Fsp3) is 0.294. The molecular formula is C17H24B2N2O4. The first-order chi connectivity index (χ1) is 11.9. The van der Waals surface area contributed by atoms with Gasteiger partial charge in [-0.05, 0) is 36.1 Å². The highest BCUT2D eigenvalue weighted by Gasteiger charge is 2.18. The summed E-state index contributed by atoms with van der Waals surface area (Å²) < 4.78 is 0. The average molecular weight is 342 g/mol. The molecule has 0 heterocycles.